The molecular formula is C16H18ClF5N2O2. The van der Waals surface area contributed by atoms with Crippen LogP contribution in [0, 0.1) is 0 Å². The summed E-state index contributed by atoms with van der Waals surface area (Å²) >= 11 is 5.63. The standard InChI is InChI=1S/C16H18ClF5N2O2/c1-14(2,3)26-13(25)24-5-4-15(8-24,12(18)19)10-6-9(16(20,21)22)7-11(17)23-10/h6-7,12H,4-5,8H2,1-3H3. The van der Waals surface area contributed by atoms with E-state index in [0.717, 1.165) is 4.90 Å². The van der Waals surface area contributed by atoms with Crippen LogP contribution in [0.25, 0.3) is 0 Å². The third-order valence-corrected chi connectivity index (χ3v) is 4.20. The van der Waals surface area contributed by atoms with E-state index in [2.05, 4.69) is 4.98 Å². The van der Waals surface area contributed by atoms with E-state index in [1.165, 1.54) is 0 Å². The lowest BCUT2D eigenvalue weighted by Crippen LogP contribution is -2.42. The lowest BCUT2D eigenvalue weighted by atomic mass is 9.83. The van der Waals surface area contributed by atoms with Crippen molar-refractivity contribution in [1.29, 1.82) is 0 Å². The topological polar surface area (TPSA) is 42.4 Å². The van der Waals surface area contributed by atoms with Gasteiger partial charge in [-0.05, 0) is 39.3 Å². The molecule has 0 spiro atoms. The van der Waals surface area contributed by atoms with Gasteiger partial charge in [-0.15, -0.1) is 0 Å². The molecule has 4 nitrogen and oxygen atoms in total. The maximum atomic E-state index is 13.9. The Bertz CT molecular complexity index is 690. The molecule has 2 rings (SSSR count). The van der Waals surface area contributed by atoms with Crippen molar-refractivity contribution < 1.29 is 31.5 Å². The molecule has 0 bridgehead atoms. The van der Waals surface area contributed by atoms with Crippen molar-refractivity contribution in [3.63, 3.8) is 0 Å². The van der Waals surface area contributed by atoms with Gasteiger partial charge in [0, 0.05) is 13.1 Å². The molecule has 0 radical (unpaired) electrons. The molecule has 0 N–H and O–H groups in total. The maximum Gasteiger partial charge on any atom is 0.416 e. The second kappa shape index (κ2) is 6.83. The Balaban J connectivity index is 2.39. The van der Waals surface area contributed by atoms with Gasteiger partial charge >= 0.3 is 12.3 Å². The first kappa shape index (κ1) is 20.7. The zero-order valence-corrected chi connectivity index (χ0v) is 15.1. The molecule has 26 heavy (non-hydrogen) atoms. The highest BCUT2D eigenvalue weighted by atomic mass is 35.5. The summed E-state index contributed by atoms with van der Waals surface area (Å²) in [7, 11) is 0. The molecule has 1 amide bonds. The Kier molecular flexibility index (Phi) is 5.43. The summed E-state index contributed by atoms with van der Waals surface area (Å²) in [6, 6.07) is 1.14. The van der Waals surface area contributed by atoms with Crippen molar-refractivity contribution in [2.75, 3.05) is 13.1 Å². The van der Waals surface area contributed by atoms with Crippen LogP contribution < -0.4 is 0 Å². The van der Waals surface area contributed by atoms with E-state index in [9.17, 15) is 26.7 Å². The number of carbonyl (C=O) groups excluding carboxylic acids is 1. The summed E-state index contributed by atoms with van der Waals surface area (Å²) in [5.74, 6) is 0. The number of ether oxygens (including phenoxy) is 1. The van der Waals surface area contributed by atoms with E-state index in [0.29, 0.717) is 12.1 Å². The largest absolute Gasteiger partial charge is 0.444 e. The van der Waals surface area contributed by atoms with Crippen LogP contribution in [0.2, 0.25) is 5.15 Å². The monoisotopic (exact) mass is 400 g/mol. The minimum absolute atomic E-state index is 0.0885. The molecule has 1 aromatic heterocycles. The number of halogens is 6. The third kappa shape index (κ3) is 4.36. The van der Waals surface area contributed by atoms with Crippen molar-refractivity contribution >= 4 is 17.7 Å². The highest BCUT2D eigenvalue weighted by Gasteiger charge is 2.51. The van der Waals surface area contributed by atoms with Gasteiger partial charge in [0.2, 0.25) is 0 Å². The summed E-state index contributed by atoms with van der Waals surface area (Å²) in [5.41, 5.74) is -4.52. The molecule has 10 heteroatoms. The van der Waals surface area contributed by atoms with Gasteiger partial charge in [-0.2, -0.15) is 13.2 Å². The normalized spacial score (nSPS) is 21.4. The third-order valence-electron chi connectivity index (χ3n) is 4.00. The van der Waals surface area contributed by atoms with Crippen molar-refractivity contribution in [3.8, 4) is 0 Å². The summed E-state index contributed by atoms with van der Waals surface area (Å²) in [6.07, 6.45) is -8.86. The van der Waals surface area contributed by atoms with Crippen molar-refractivity contribution in [2.24, 2.45) is 0 Å². The van der Waals surface area contributed by atoms with E-state index in [-0.39, 0.29) is 13.0 Å². The first-order chi connectivity index (χ1) is 11.7. The molecule has 1 unspecified atom stereocenters. The Morgan fingerprint density at radius 1 is 1.31 bits per heavy atom. The van der Waals surface area contributed by atoms with E-state index in [1.807, 2.05) is 0 Å². The summed E-state index contributed by atoms with van der Waals surface area (Å²) in [4.78, 5) is 16.9. The first-order valence-electron chi connectivity index (χ1n) is 7.76. The number of aromatic nitrogens is 1. The van der Waals surface area contributed by atoms with E-state index < -0.39 is 52.7 Å². The molecule has 0 aliphatic carbocycles. The summed E-state index contributed by atoms with van der Waals surface area (Å²) in [6.45, 7) is 4.26. The molecule has 1 aliphatic rings. The Hall–Kier alpha value is -1.64. The van der Waals surface area contributed by atoms with Crippen LogP contribution in [0.4, 0.5) is 26.7 Å². The smallest absolute Gasteiger partial charge is 0.416 e. The summed E-state index contributed by atoms with van der Waals surface area (Å²) < 4.78 is 71.9. The number of carbonyl (C=O) groups is 1. The number of hydrogen-bond donors (Lipinski definition) is 0. The van der Waals surface area contributed by atoms with Gasteiger partial charge < -0.3 is 9.64 Å². The Labute approximate surface area is 152 Å². The fourth-order valence-corrected chi connectivity index (χ4v) is 2.94. The SMILES string of the molecule is CC(C)(C)OC(=O)N1CCC(c2cc(C(F)(F)F)cc(Cl)n2)(C(F)F)C1. The van der Waals surface area contributed by atoms with Crippen molar-refractivity contribution in [3.05, 3.63) is 28.5 Å². The zero-order valence-electron chi connectivity index (χ0n) is 14.3. The van der Waals surface area contributed by atoms with E-state index in [1.54, 1.807) is 20.8 Å². The minimum atomic E-state index is -4.76. The average molecular weight is 401 g/mol. The number of rotatable bonds is 2. The van der Waals surface area contributed by atoms with Crippen LogP contribution in [0.1, 0.15) is 38.4 Å². The number of amides is 1. The first-order valence-corrected chi connectivity index (χ1v) is 8.14. The van der Waals surface area contributed by atoms with E-state index >= 15 is 0 Å². The lowest BCUT2D eigenvalue weighted by Gasteiger charge is -2.29. The molecule has 1 aromatic rings. The predicted octanol–water partition coefficient (Wildman–Crippen LogP) is 4.90. The fourth-order valence-electron chi connectivity index (χ4n) is 2.73. The highest BCUT2D eigenvalue weighted by Crippen LogP contribution is 2.42. The quantitative estimate of drug-likeness (QED) is 0.524. The second-order valence-electron chi connectivity index (χ2n) is 7.17. The van der Waals surface area contributed by atoms with Gasteiger partial charge in [0.15, 0.2) is 0 Å². The highest BCUT2D eigenvalue weighted by molar-refractivity contribution is 6.29. The van der Waals surface area contributed by atoms with Crippen LogP contribution in [0.5, 0.6) is 0 Å². The van der Waals surface area contributed by atoms with Crippen LogP contribution >= 0.6 is 11.6 Å². The average Bonchev–Trinajstić information content (AvgIpc) is 2.90. The lowest BCUT2D eigenvalue weighted by molar-refractivity contribution is -0.137. The molecular weight excluding hydrogens is 383 g/mol. The van der Waals surface area contributed by atoms with Crippen molar-refractivity contribution in [2.45, 2.75) is 50.8 Å². The number of alkyl halides is 5. The van der Waals surface area contributed by atoms with Gasteiger partial charge in [0.05, 0.1) is 16.7 Å². The van der Waals surface area contributed by atoms with Crippen LogP contribution in [0.15, 0.2) is 12.1 Å². The number of nitrogens with zero attached hydrogens (tertiary/aromatic N) is 2. The molecule has 1 fully saturated rings. The molecule has 0 saturated carbocycles. The van der Waals surface area contributed by atoms with Gasteiger partial charge in [-0.25, -0.2) is 18.6 Å². The molecule has 1 atom stereocenters. The second-order valence-corrected chi connectivity index (χ2v) is 7.56. The molecule has 1 saturated heterocycles. The zero-order chi connectivity index (χ0) is 19.9. The van der Waals surface area contributed by atoms with Crippen LogP contribution in [0.3, 0.4) is 0 Å². The number of likely N-dealkylation sites (tertiary alicyclic amines) is 1. The van der Waals surface area contributed by atoms with Gasteiger partial charge in [-0.1, -0.05) is 11.6 Å². The van der Waals surface area contributed by atoms with Gasteiger partial charge in [-0.3, -0.25) is 0 Å². The van der Waals surface area contributed by atoms with E-state index in [4.69, 9.17) is 16.3 Å². The van der Waals surface area contributed by atoms with Gasteiger partial charge in [0.1, 0.15) is 10.8 Å². The summed E-state index contributed by atoms with van der Waals surface area (Å²) in [5, 5.41) is -0.537. The number of pyridine rings is 1. The van der Waals surface area contributed by atoms with Crippen LogP contribution in [-0.4, -0.2) is 41.1 Å². The molecule has 2 heterocycles. The predicted molar refractivity (Wildman–Crippen MR) is 84.4 cm³/mol. The molecule has 146 valence electrons. The minimum Gasteiger partial charge on any atom is -0.444 e. The number of hydrogen-bond acceptors (Lipinski definition) is 3. The van der Waals surface area contributed by atoms with Crippen LogP contribution in [-0.2, 0) is 16.3 Å². The maximum absolute atomic E-state index is 13.9. The Morgan fingerprint density at radius 2 is 1.92 bits per heavy atom. The van der Waals surface area contributed by atoms with Gasteiger partial charge in [0.25, 0.3) is 6.43 Å². The van der Waals surface area contributed by atoms with Crippen molar-refractivity contribution in [1.82, 2.24) is 9.88 Å². The fraction of sp³-hybridized carbons (Fsp3) is 0.625. The molecule has 1 aliphatic heterocycles. The molecule has 0 aromatic carbocycles. The Morgan fingerprint density at radius 3 is 2.42 bits per heavy atom.